The van der Waals surface area contributed by atoms with Gasteiger partial charge in [0, 0.05) is 30.0 Å². The molecule has 96 valence electrons. The first-order valence-corrected chi connectivity index (χ1v) is 5.96. The Morgan fingerprint density at radius 3 is 2.83 bits per heavy atom. The molecular weight excluding hydrogens is 234 g/mol. The fourth-order valence-electron chi connectivity index (χ4n) is 2.41. The molecule has 5 heteroatoms. The Balaban J connectivity index is 2.26. The zero-order chi connectivity index (χ0) is 13.1. The quantitative estimate of drug-likeness (QED) is 0.607. The molecule has 0 heterocycles. The summed E-state index contributed by atoms with van der Waals surface area (Å²) in [6.45, 7) is 0. The third-order valence-electron chi connectivity index (χ3n) is 3.37. The van der Waals surface area contributed by atoms with E-state index in [1.807, 2.05) is 0 Å². The summed E-state index contributed by atoms with van der Waals surface area (Å²) in [6, 6.07) is 4.51. The second kappa shape index (κ2) is 5.16. The molecule has 5 nitrogen and oxygen atoms in total. The molecule has 0 radical (unpaired) electrons. The molecule has 0 saturated heterocycles. The van der Waals surface area contributed by atoms with Crippen molar-refractivity contribution in [3.63, 3.8) is 0 Å². The number of rotatable bonds is 4. The lowest BCUT2D eigenvalue weighted by atomic mass is 9.96. The van der Waals surface area contributed by atoms with Gasteiger partial charge in [0.05, 0.1) is 12.0 Å². The van der Waals surface area contributed by atoms with Crippen molar-refractivity contribution >= 4 is 11.5 Å². The van der Waals surface area contributed by atoms with Gasteiger partial charge in [-0.25, -0.2) is 0 Å². The first kappa shape index (κ1) is 12.5. The van der Waals surface area contributed by atoms with Gasteiger partial charge in [0.1, 0.15) is 11.5 Å². The topological polar surface area (TPSA) is 69.4 Å². The van der Waals surface area contributed by atoms with Gasteiger partial charge in [0.25, 0.3) is 5.69 Å². The molecule has 0 N–H and O–H groups in total. The lowest BCUT2D eigenvalue weighted by Crippen LogP contribution is -2.10. The van der Waals surface area contributed by atoms with Gasteiger partial charge < -0.3 is 4.74 Å². The van der Waals surface area contributed by atoms with E-state index in [1.54, 1.807) is 6.07 Å². The Bertz CT molecular complexity index is 484. The Kier molecular flexibility index (Phi) is 3.60. The molecule has 1 atom stereocenters. The standard InChI is InChI=1S/C13H15NO4/c1-18-13-6-5-11(14(16)17)8-10(13)7-9-3-2-4-12(9)15/h5-6,8-9H,2-4,7H2,1H3. The number of nitrogens with zero attached hydrogens (tertiary/aromatic N) is 1. The van der Waals surface area contributed by atoms with Crippen molar-refractivity contribution in [2.75, 3.05) is 7.11 Å². The van der Waals surface area contributed by atoms with Crippen LogP contribution in [-0.4, -0.2) is 17.8 Å². The van der Waals surface area contributed by atoms with Gasteiger partial charge in [-0.15, -0.1) is 0 Å². The van der Waals surface area contributed by atoms with E-state index in [0.717, 1.165) is 18.4 Å². The fraction of sp³-hybridized carbons (Fsp3) is 0.462. The first-order chi connectivity index (χ1) is 8.61. The number of hydrogen-bond acceptors (Lipinski definition) is 4. The van der Waals surface area contributed by atoms with Crippen LogP contribution in [0.25, 0.3) is 0 Å². The highest BCUT2D eigenvalue weighted by molar-refractivity contribution is 5.83. The predicted molar refractivity (Wildman–Crippen MR) is 65.7 cm³/mol. The molecule has 0 amide bonds. The van der Waals surface area contributed by atoms with Crippen molar-refractivity contribution < 1.29 is 14.5 Å². The fourth-order valence-corrected chi connectivity index (χ4v) is 2.41. The molecule has 1 saturated carbocycles. The van der Waals surface area contributed by atoms with Gasteiger partial charge in [0.15, 0.2) is 0 Å². The lowest BCUT2D eigenvalue weighted by molar-refractivity contribution is -0.384. The van der Waals surface area contributed by atoms with E-state index >= 15 is 0 Å². The van der Waals surface area contributed by atoms with Crippen LogP contribution >= 0.6 is 0 Å². The van der Waals surface area contributed by atoms with Crippen LogP contribution in [0, 0.1) is 16.0 Å². The summed E-state index contributed by atoms with van der Waals surface area (Å²) in [5.41, 5.74) is 0.781. The summed E-state index contributed by atoms with van der Waals surface area (Å²) in [7, 11) is 1.53. The minimum atomic E-state index is -0.431. The number of carbonyl (C=O) groups is 1. The van der Waals surface area contributed by atoms with E-state index in [1.165, 1.54) is 19.2 Å². The van der Waals surface area contributed by atoms with Crippen LogP contribution in [-0.2, 0) is 11.2 Å². The summed E-state index contributed by atoms with van der Waals surface area (Å²) in [5, 5.41) is 10.8. The number of nitro groups is 1. The highest BCUT2D eigenvalue weighted by atomic mass is 16.6. The van der Waals surface area contributed by atoms with Gasteiger partial charge in [-0.05, 0) is 25.3 Å². The lowest BCUT2D eigenvalue weighted by Gasteiger charge is -2.11. The van der Waals surface area contributed by atoms with Crippen molar-refractivity contribution in [3.05, 3.63) is 33.9 Å². The zero-order valence-corrected chi connectivity index (χ0v) is 10.2. The summed E-state index contributed by atoms with van der Waals surface area (Å²) < 4.78 is 5.19. The van der Waals surface area contributed by atoms with Crippen LogP contribution in [0.5, 0.6) is 5.75 Å². The van der Waals surface area contributed by atoms with Crippen molar-refractivity contribution in [3.8, 4) is 5.75 Å². The van der Waals surface area contributed by atoms with Crippen molar-refractivity contribution in [1.82, 2.24) is 0 Å². The van der Waals surface area contributed by atoms with E-state index in [2.05, 4.69) is 0 Å². The molecule has 0 aromatic heterocycles. The average Bonchev–Trinajstić information content (AvgIpc) is 2.75. The number of methoxy groups -OCH3 is 1. The molecule has 0 spiro atoms. The number of benzene rings is 1. The van der Waals surface area contributed by atoms with Crippen LogP contribution in [0.15, 0.2) is 18.2 Å². The van der Waals surface area contributed by atoms with Crippen LogP contribution in [0.4, 0.5) is 5.69 Å². The Hall–Kier alpha value is -1.91. The van der Waals surface area contributed by atoms with Crippen LogP contribution in [0.2, 0.25) is 0 Å². The minimum Gasteiger partial charge on any atom is -0.496 e. The monoisotopic (exact) mass is 249 g/mol. The number of Topliss-reactive ketones (excluding diaryl/α,β-unsaturated/α-hetero) is 1. The number of ether oxygens (including phenoxy) is 1. The number of carbonyl (C=O) groups excluding carboxylic acids is 1. The van der Waals surface area contributed by atoms with E-state index < -0.39 is 4.92 Å². The number of ketones is 1. The largest absolute Gasteiger partial charge is 0.496 e. The predicted octanol–water partition coefficient (Wildman–Crippen LogP) is 2.52. The minimum absolute atomic E-state index is 0.0131. The Morgan fingerprint density at radius 1 is 1.50 bits per heavy atom. The number of non-ortho nitro benzene ring substituents is 1. The molecule has 0 aliphatic heterocycles. The highest BCUT2D eigenvalue weighted by Gasteiger charge is 2.26. The summed E-state index contributed by atoms with van der Waals surface area (Å²) >= 11 is 0. The van der Waals surface area contributed by atoms with Crippen molar-refractivity contribution in [2.24, 2.45) is 5.92 Å². The Morgan fingerprint density at radius 2 is 2.28 bits per heavy atom. The number of nitro benzene ring substituents is 1. The highest BCUT2D eigenvalue weighted by Crippen LogP contribution is 2.31. The summed E-state index contributed by atoms with van der Waals surface area (Å²) in [4.78, 5) is 21.9. The van der Waals surface area contributed by atoms with Crippen LogP contribution < -0.4 is 4.74 Å². The molecule has 0 bridgehead atoms. The van der Waals surface area contributed by atoms with Gasteiger partial charge in [-0.2, -0.15) is 0 Å². The molecule has 1 aliphatic carbocycles. The van der Waals surface area contributed by atoms with Crippen LogP contribution in [0.3, 0.4) is 0 Å². The molecule has 1 aromatic rings. The normalized spacial score (nSPS) is 18.9. The zero-order valence-electron chi connectivity index (χ0n) is 10.2. The maximum absolute atomic E-state index is 11.6. The van der Waals surface area contributed by atoms with Crippen molar-refractivity contribution in [2.45, 2.75) is 25.7 Å². The van der Waals surface area contributed by atoms with Crippen molar-refractivity contribution in [1.29, 1.82) is 0 Å². The van der Waals surface area contributed by atoms with Crippen LogP contribution in [0.1, 0.15) is 24.8 Å². The second-order valence-electron chi connectivity index (χ2n) is 4.51. The SMILES string of the molecule is COc1ccc([N+](=O)[O-])cc1CC1CCCC1=O. The third kappa shape index (κ3) is 2.50. The molecule has 18 heavy (non-hydrogen) atoms. The smallest absolute Gasteiger partial charge is 0.269 e. The van der Waals surface area contributed by atoms with Gasteiger partial charge in [-0.1, -0.05) is 0 Å². The molecule has 1 aromatic carbocycles. The maximum Gasteiger partial charge on any atom is 0.269 e. The summed E-state index contributed by atoms with van der Waals surface area (Å²) in [6.07, 6.45) is 2.94. The van der Waals surface area contributed by atoms with Gasteiger partial charge in [-0.3, -0.25) is 14.9 Å². The van der Waals surface area contributed by atoms with E-state index in [9.17, 15) is 14.9 Å². The molecule has 1 unspecified atom stereocenters. The van der Waals surface area contributed by atoms with Gasteiger partial charge in [0.2, 0.25) is 0 Å². The maximum atomic E-state index is 11.6. The average molecular weight is 249 g/mol. The van der Waals surface area contributed by atoms with Gasteiger partial charge >= 0.3 is 0 Å². The molecule has 2 rings (SSSR count). The second-order valence-corrected chi connectivity index (χ2v) is 4.51. The number of hydrogen-bond donors (Lipinski definition) is 0. The molecular formula is C13H15NO4. The third-order valence-corrected chi connectivity index (χ3v) is 3.37. The molecule has 1 fully saturated rings. The van der Waals surface area contributed by atoms with E-state index in [0.29, 0.717) is 18.6 Å². The summed E-state index contributed by atoms with van der Waals surface area (Å²) in [5.74, 6) is 0.852. The first-order valence-electron chi connectivity index (χ1n) is 5.96. The Labute approximate surface area is 105 Å². The van der Waals surface area contributed by atoms with E-state index in [-0.39, 0.29) is 17.4 Å². The molecule has 1 aliphatic rings. The van der Waals surface area contributed by atoms with E-state index in [4.69, 9.17) is 4.74 Å².